The van der Waals surface area contributed by atoms with E-state index in [4.69, 9.17) is 0 Å². The van der Waals surface area contributed by atoms with Crippen LogP contribution in [0.4, 0.5) is 5.69 Å². The van der Waals surface area contributed by atoms with Crippen molar-refractivity contribution in [2.24, 2.45) is 0 Å². The second-order valence-electron chi connectivity index (χ2n) is 7.35. The van der Waals surface area contributed by atoms with Crippen LogP contribution in [0.15, 0.2) is 28.4 Å². The van der Waals surface area contributed by atoms with Gasteiger partial charge in [-0.25, -0.2) is 9.78 Å². The summed E-state index contributed by atoms with van der Waals surface area (Å²) in [6, 6.07) is 4.75. The van der Waals surface area contributed by atoms with Crippen LogP contribution in [-0.4, -0.2) is 26.5 Å². The van der Waals surface area contributed by atoms with Gasteiger partial charge in [-0.1, -0.05) is 26.0 Å². The molecular weight excluding hydrogens is 390 g/mol. The van der Waals surface area contributed by atoms with Crippen molar-refractivity contribution < 1.29 is 14.7 Å². The third kappa shape index (κ3) is 3.67. The molecule has 0 spiro atoms. The third-order valence-electron chi connectivity index (χ3n) is 5.04. The lowest BCUT2D eigenvalue weighted by Crippen LogP contribution is -2.35. The van der Waals surface area contributed by atoms with Crippen LogP contribution in [0.3, 0.4) is 0 Å². The van der Waals surface area contributed by atoms with Gasteiger partial charge in [0, 0.05) is 17.0 Å². The van der Waals surface area contributed by atoms with E-state index in [0.29, 0.717) is 16.3 Å². The van der Waals surface area contributed by atoms with E-state index in [-0.39, 0.29) is 22.8 Å². The first-order valence-corrected chi connectivity index (χ1v) is 10.2. The number of aromatic carboxylic acids is 1. The van der Waals surface area contributed by atoms with Crippen LogP contribution in [0.5, 0.6) is 0 Å². The highest BCUT2D eigenvalue weighted by atomic mass is 32.1. The summed E-state index contributed by atoms with van der Waals surface area (Å²) in [5.41, 5.74) is 2.07. The molecule has 0 saturated carbocycles. The summed E-state index contributed by atoms with van der Waals surface area (Å²) in [6.45, 7) is 9.25. The molecule has 152 valence electrons. The molecule has 3 rings (SSSR count). The van der Waals surface area contributed by atoms with Crippen LogP contribution in [-0.2, 0) is 4.79 Å². The molecule has 1 unspecified atom stereocenters. The van der Waals surface area contributed by atoms with Crippen LogP contribution < -0.4 is 10.9 Å². The number of thiophene rings is 1. The van der Waals surface area contributed by atoms with Gasteiger partial charge in [-0.15, -0.1) is 11.3 Å². The number of nitrogens with one attached hydrogen (secondary N) is 1. The Morgan fingerprint density at radius 1 is 1.21 bits per heavy atom. The van der Waals surface area contributed by atoms with Crippen LogP contribution in [0.1, 0.15) is 60.0 Å². The fourth-order valence-corrected chi connectivity index (χ4v) is 4.11. The van der Waals surface area contributed by atoms with Crippen molar-refractivity contribution in [2.75, 3.05) is 5.32 Å². The Kier molecular flexibility index (Phi) is 5.57. The van der Waals surface area contributed by atoms with Crippen molar-refractivity contribution in [3.8, 4) is 0 Å². The zero-order chi connectivity index (χ0) is 21.5. The van der Waals surface area contributed by atoms with Crippen molar-refractivity contribution in [3.63, 3.8) is 0 Å². The maximum atomic E-state index is 13.2. The maximum absolute atomic E-state index is 13.2. The fourth-order valence-electron chi connectivity index (χ4n) is 3.20. The van der Waals surface area contributed by atoms with E-state index < -0.39 is 17.6 Å². The van der Waals surface area contributed by atoms with Crippen molar-refractivity contribution in [1.29, 1.82) is 0 Å². The quantitative estimate of drug-likeness (QED) is 0.656. The number of carbonyl (C=O) groups is 2. The largest absolute Gasteiger partial charge is 0.478 e. The smallest absolute Gasteiger partial charge is 0.337 e. The van der Waals surface area contributed by atoms with Gasteiger partial charge in [0.05, 0.1) is 10.9 Å². The zero-order valence-corrected chi connectivity index (χ0v) is 17.8. The van der Waals surface area contributed by atoms with Gasteiger partial charge in [0.15, 0.2) is 0 Å². The van der Waals surface area contributed by atoms with Gasteiger partial charge in [0.1, 0.15) is 16.7 Å². The van der Waals surface area contributed by atoms with Crippen LogP contribution in [0.25, 0.3) is 10.2 Å². The number of carbonyl (C=O) groups excluding carboxylic acids is 1. The zero-order valence-electron chi connectivity index (χ0n) is 16.9. The van der Waals surface area contributed by atoms with E-state index in [9.17, 15) is 19.5 Å². The van der Waals surface area contributed by atoms with E-state index in [1.54, 1.807) is 6.92 Å². The number of carboxylic acids is 1. The van der Waals surface area contributed by atoms with Crippen molar-refractivity contribution >= 4 is 39.1 Å². The molecule has 0 aliphatic carbocycles. The average molecular weight is 413 g/mol. The number of nitrogens with zero attached hydrogens (tertiary/aromatic N) is 2. The minimum absolute atomic E-state index is 0.0401. The predicted molar refractivity (Wildman–Crippen MR) is 114 cm³/mol. The summed E-state index contributed by atoms with van der Waals surface area (Å²) in [5, 5.41) is 13.8. The predicted octanol–water partition coefficient (Wildman–Crippen LogP) is 4.10. The molecule has 0 radical (unpaired) electrons. The molecule has 8 heteroatoms. The van der Waals surface area contributed by atoms with Gasteiger partial charge in [0.2, 0.25) is 5.91 Å². The van der Waals surface area contributed by atoms with Crippen molar-refractivity contribution in [1.82, 2.24) is 9.55 Å². The van der Waals surface area contributed by atoms with Gasteiger partial charge in [0.25, 0.3) is 5.56 Å². The molecular formula is C21H23N3O4S. The van der Waals surface area contributed by atoms with Gasteiger partial charge in [-0.2, -0.15) is 0 Å². The van der Waals surface area contributed by atoms with Crippen molar-refractivity contribution in [3.05, 3.63) is 56.4 Å². The summed E-state index contributed by atoms with van der Waals surface area (Å²) in [7, 11) is 0. The number of aryl methyl sites for hydroxylation is 1. The average Bonchev–Trinajstić information content (AvgIpc) is 3.09. The topological polar surface area (TPSA) is 101 Å². The molecule has 7 nitrogen and oxygen atoms in total. The Balaban J connectivity index is 2.12. The second-order valence-corrected chi connectivity index (χ2v) is 8.21. The molecule has 0 fully saturated rings. The molecule has 2 heterocycles. The number of amides is 1. The van der Waals surface area contributed by atoms with E-state index in [0.717, 1.165) is 22.5 Å². The first kappa shape index (κ1) is 20.7. The highest BCUT2D eigenvalue weighted by Crippen LogP contribution is 2.26. The van der Waals surface area contributed by atoms with E-state index in [1.165, 1.54) is 9.95 Å². The molecule has 1 atom stereocenters. The Morgan fingerprint density at radius 3 is 2.52 bits per heavy atom. The Bertz CT molecular complexity index is 1180. The molecule has 2 aromatic heterocycles. The summed E-state index contributed by atoms with van der Waals surface area (Å²) in [5.74, 6) is -1.23. The number of rotatable bonds is 5. The second kappa shape index (κ2) is 7.79. The van der Waals surface area contributed by atoms with Crippen LogP contribution in [0.2, 0.25) is 0 Å². The first-order chi connectivity index (χ1) is 13.6. The third-order valence-corrected chi connectivity index (χ3v) is 5.92. The van der Waals surface area contributed by atoms with Crippen LogP contribution >= 0.6 is 11.3 Å². The fraction of sp³-hybridized carbons (Fsp3) is 0.333. The summed E-state index contributed by atoms with van der Waals surface area (Å²) in [4.78, 5) is 42.6. The standard InChI is InChI=1S/C21H23N3O4S/c1-10(2)17-23-19-16(14(9-29-19)21(27)28)20(26)24(17)13(5)18(25)22-15-8-6-7-11(3)12(15)4/h6-10,13H,1-5H3,(H,22,25)(H,27,28). The Morgan fingerprint density at radius 2 is 1.90 bits per heavy atom. The summed E-state index contributed by atoms with van der Waals surface area (Å²) < 4.78 is 1.31. The van der Waals surface area contributed by atoms with E-state index in [2.05, 4.69) is 10.3 Å². The first-order valence-electron chi connectivity index (χ1n) is 9.27. The Labute approximate surface area is 172 Å². The molecule has 0 bridgehead atoms. The van der Waals surface area contributed by atoms with Gasteiger partial charge in [-0.3, -0.25) is 14.2 Å². The molecule has 1 amide bonds. The maximum Gasteiger partial charge on any atom is 0.337 e. The van der Waals surface area contributed by atoms with Crippen molar-refractivity contribution in [2.45, 2.75) is 46.6 Å². The molecule has 0 aliphatic heterocycles. The van der Waals surface area contributed by atoms with Gasteiger partial charge in [-0.05, 0) is 38.0 Å². The normalized spacial score (nSPS) is 12.3. The van der Waals surface area contributed by atoms with Gasteiger partial charge >= 0.3 is 5.97 Å². The molecule has 0 saturated heterocycles. The lowest BCUT2D eigenvalue weighted by atomic mass is 10.1. The number of hydrogen-bond acceptors (Lipinski definition) is 5. The Hall–Kier alpha value is -3.00. The minimum Gasteiger partial charge on any atom is -0.478 e. The monoisotopic (exact) mass is 413 g/mol. The molecule has 2 N–H and O–H groups in total. The number of hydrogen-bond donors (Lipinski definition) is 2. The number of fused-ring (bicyclic) bond motifs is 1. The number of anilines is 1. The van der Waals surface area contributed by atoms with Gasteiger partial charge < -0.3 is 10.4 Å². The highest BCUT2D eigenvalue weighted by molar-refractivity contribution is 7.17. The lowest BCUT2D eigenvalue weighted by Gasteiger charge is -2.21. The number of aromatic nitrogens is 2. The highest BCUT2D eigenvalue weighted by Gasteiger charge is 2.26. The minimum atomic E-state index is -1.19. The molecule has 1 aromatic carbocycles. The number of carboxylic acid groups (broad SMARTS) is 1. The summed E-state index contributed by atoms with van der Waals surface area (Å²) >= 11 is 1.12. The summed E-state index contributed by atoms with van der Waals surface area (Å²) in [6.07, 6.45) is 0. The number of benzene rings is 1. The molecule has 29 heavy (non-hydrogen) atoms. The van der Waals surface area contributed by atoms with E-state index >= 15 is 0 Å². The molecule has 3 aromatic rings. The lowest BCUT2D eigenvalue weighted by molar-refractivity contribution is -0.119. The van der Waals surface area contributed by atoms with Crippen LogP contribution in [0, 0.1) is 13.8 Å². The van der Waals surface area contributed by atoms with E-state index in [1.807, 2.05) is 45.9 Å². The molecule has 0 aliphatic rings. The SMILES string of the molecule is Cc1cccc(NC(=O)C(C)n2c(C(C)C)nc3scc(C(=O)O)c3c2=O)c1C.